The fourth-order valence-electron chi connectivity index (χ4n) is 2.02. The number of halogens is 2. The van der Waals surface area contributed by atoms with E-state index in [1.807, 2.05) is 0 Å². The minimum atomic E-state index is -0.0549. The summed E-state index contributed by atoms with van der Waals surface area (Å²) in [5.41, 5.74) is 0.858. The van der Waals surface area contributed by atoms with E-state index in [-0.39, 0.29) is 15.8 Å². The SMILES string of the molecule is Oc1c(Cl)cc(NCC2CCNCC2)cc1Cl. The highest BCUT2D eigenvalue weighted by atomic mass is 35.5. The molecule has 17 heavy (non-hydrogen) atoms. The van der Waals surface area contributed by atoms with Gasteiger partial charge in [-0.15, -0.1) is 0 Å². The molecular formula is C12H16Cl2N2O. The predicted octanol–water partition coefficient (Wildman–Crippen LogP) is 3.11. The van der Waals surface area contributed by atoms with Gasteiger partial charge >= 0.3 is 0 Å². The molecular weight excluding hydrogens is 259 g/mol. The molecule has 1 fully saturated rings. The zero-order valence-electron chi connectivity index (χ0n) is 9.47. The van der Waals surface area contributed by atoms with Gasteiger partial charge in [-0.1, -0.05) is 23.2 Å². The maximum absolute atomic E-state index is 9.45. The van der Waals surface area contributed by atoms with Crippen molar-refractivity contribution in [1.29, 1.82) is 0 Å². The molecule has 3 nitrogen and oxygen atoms in total. The van der Waals surface area contributed by atoms with Gasteiger partial charge < -0.3 is 15.7 Å². The molecule has 0 saturated carbocycles. The summed E-state index contributed by atoms with van der Waals surface area (Å²) in [6.07, 6.45) is 2.37. The molecule has 0 radical (unpaired) electrons. The first-order valence-corrected chi connectivity index (χ1v) is 6.55. The van der Waals surface area contributed by atoms with E-state index < -0.39 is 0 Å². The summed E-state index contributed by atoms with van der Waals surface area (Å²) in [5.74, 6) is 0.628. The average molecular weight is 275 g/mol. The van der Waals surface area contributed by atoms with Gasteiger partial charge in [0.1, 0.15) is 0 Å². The quantitative estimate of drug-likeness (QED) is 0.743. The molecule has 0 aromatic heterocycles. The average Bonchev–Trinajstić information content (AvgIpc) is 2.34. The smallest absolute Gasteiger partial charge is 0.152 e. The second kappa shape index (κ2) is 5.80. The first-order valence-electron chi connectivity index (χ1n) is 5.79. The lowest BCUT2D eigenvalue weighted by molar-refractivity contribution is 0.390. The molecule has 0 aliphatic carbocycles. The number of rotatable bonds is 3. The van der Waals surface area contributed by atoms with Crippen LogP contribution >= 0.6 is 23.2 Å². The lowest BCUT2D eigenvalue weighted by Crippen LogP contribution is -2.31. The number of hydrogen-bond donors (Lipinski definition) is 3. The normalized spacial score (nSPS) is 17.1. The third kappa shape index (κ3) is 3.41. The van der Waals surface area contributed by atoms with Crippen LogP contribution in [-0.4, -0.2) is 24.7 Å². The fraction of sp³-hybridized carbons (Fsp3) is 0.500. The van der Waals surface area contributed by atoms with Crippen molar-refractivity contribution in [3.63, 3.8) is 0 Å². The molecule has 1 aromatic carbocycles. The predicted molar refractivity (Wildman–Crippen MR) is 72.2 cm³/mol. The van der Waals surface area contributed by atoms with Crippen LogP contribution in [0, 0.1) is 5.92 Å². The summed E-state index contributed by atoms with van der Waals surface area (Å²) in [7, 11) is 0. The van der Waals surface area contributed by atoms with Crippen molar-refractivity contribution in [2.75, 3.05) is 25.0 Å². The van der Waals surface area contributed by atoms with E-state index in [1.54, 1.807) is 12.1 Å². The Morgan fingerprint density at radius 1 is 1.24 bits per heavy atom. The fourth-order valence-corrected chi connectivity index (χ4v) is 2.50. The van der Waals surface area contributed by atoms with Gasteiger partial charge in [0, 0.05) is 12.2 Å². The largest absolute Gasteiger partial charge is 0.505 e. The monoisotopic (exact) mass is 274 g/mol. The highest BCUT2D eigenvalue weighted by Crippen LogP contribution is 2.34. The molecule has 0 amide bonds. The Balaban J connectivity index is 1.94. The van der Waals surface area contributed by atoms with E-state index in [9.17, 15) is 5.11 Å². The first kappa shape index (κ1) is 12.8. The molecule has 0 spiro atoms. The molecule has 0 atom stereocenters. The van der Waals surface area contributed by atoms with Crippen LogP contribution in [0.15, 0.2) is 12.1 Å². The number of phenols is 1. The minimum absolute atomic E-state index is 0.0549. The van der Waals surface area contributed by atoms with Crippen molar-refractivity contribution in [3.8, 4) is 5.75 Å². The Hall–Kier alpha value is -0.640. The summed E-state index contributed by atoms with van der Waals surface area (Å²) < 4.78 is 0. The summed E-state index contributed by atoms with van der Waals surface area (Å²) in [6.45, 7) is 3.09. The Kier molecular flexibility index (Phi) is 4.37. The van der Waals surface area contributed by atoms with Crippen LogP contribution < -0.4 is 10.6 Å². The molecule has 3 N–H and O–H groups in total. The summed E-state index contributed by atoms with van der Waals surface area (Å²) in [4.78, 5) is 0. The highest BCUT2D eigenvalue weighted by Gasteiger charge is 2.13. The van der Waals surface area contributed by atoms with Gasteiger partial charge in [-0.3, -0.25) is 0 Å². The zero-order valence-corrected chi connectivity index (χ0v) is 11.0. The van der Waals surface area contributed by atoms with Crippen LogP contribution in [-0.2, 0) is 0 Å². The van der Waals surface area contributed by atoms with Gasteiger partial charge in [-0.05, 0) is 44.0 Å². The van der Waals surface area contributed by atoms with Crippen molar-refractivity contribution >= 4 is 28.9 Å². The number of nitrogens with one attached hydrogen (secondary N) is 2. The van der Waals surface area contributed by atoms with Crippen molar-refractivity contribution in [2.45, 2.75) is 12.8 Å². The van der Waals surface area contributed by atoms with Gasteiger partial charge in [0.2, 0.25) is 0 Å². The molecule has 1 aliphatic heterocycles. The molecule has 0 unspecified atom stereocenters. The van der Waals surface area contributed by atoms with Crippen LogP contribution in [0.3, 0.4) is 0 Å². The highest BCUT2D eigenvalue weighted by molar-refractivity contribution is 6.37. The zero-order chi connectivity index (χ0) is 12.3. The number of phenolic OH excluding ortho intramolecular Hbond substituents is 1. The summed E-state index contributed by atoms with van der Waals surface area (Å²) >= 11 is 11.7. The van der Waals surface area contributed by atoms with Crippen molar-refractivity contribution in [1.82, 2.24) is 5.32 Å². The Morgan fingerprint density at radius 3 is 2.41 bits per heavy atom. The molecule has 1 aromatic rings. The van der Waals surface area contributed by atoms with Gasteiger partial charge in [0.25, 0.3) is 0 Å². The molecule has 5 heteroatoms. The molecule has 1 saturated heterocycles. The second-order valence-corrected chi connectivity index (χ2v) is 5.18. The molecule has 2 rings (SSSR count). The van der Waals surface area contributed by atoms with Gasteiger partial charge in [0.15, 0.2) is 5.75 Å². The Bertz CT molecular complexity index is 369. The standard InChI is InChI=1S/C12H16Cl2N2O/c13-10-5-9(6-11(14)12(10)17)16-7-8-1-3-15-4-2-8/h5-6,8,15-17H,1-4,7H2. The molecule has 0 bridgehead atoms. The lowest BCUT2D eigenvalue weighted by atomic mass is 9.98. The van der Waals surface area contributed by atoms with Crippen molar-refractivity contribution in [2.24, 2.45) is 5.92 Å². The summed E-state index contributed by atoms with van der Waals surface area (Å²) in [5, 5.41) is 16.7. The van der Waals surface area contributed by atoms with Gasteiger partial charge in [0.05, 0.1) is 10.0 Å². The van der Waals surface area contributed by atoms with Crippen LogP contribution in [0.2, 0.25) is 10.0 Å². The van der Waals surface area contributed by atoms with E-state index in [0.29, 0.717) is 5.92 Å². The maximum atomic E-state index is 9.45. The van der Waals surface area contributed by atoms with E-state index in [2.05, 4.69) is 10.6 Å². The third-order valence-electron chi connectivity index (χ3n) is 3.07. The number of anilines is 1. The van der Waals surface area contributed by atoms with Crippen molar-refractivity contribution < 1.29 is 5.11 Å². The topological polar surface area (TPSA) is 44.3 Å². The van der Waals surface area contributed by atoms with Crippen LogP contribution in [0.5, 0.6) is 5.75 Å². The van der Waals surface area contributed by atoms with Crippen LogP contribution in [0.25, 0.3) is 0 Å². The second-order valence-electron chi connectivity index (χ2n) is 4.36. The molecule has 1 aliphatic rings. The Morgan fingerprint density at radius 2 is 1.82 bits per heavy atom. The Labute approximate surface area is 111 Å². The van der Waals surface area contributed by atoms with Crippen molar-refractivity contribution in [3.05, 3.63) is 22.2 Å². The minimum Gasteiger partial charge on any atom is -0.505 e. The number of hydrogen-bond acceptors (Lipinski definition) is 3. The van der Waals surface area contributed by atoms with E-state index in [1.165, 1.54) is 12.8 Å². The molecule has 1 heterocycles. The van der Waals surface area contributed by atoms with E-state index >= 15 is 0 Å². The number of piperidine rings is 1. The maximum Gasteiger partial charge on any atom is 0.152 e. The van der Waals surface area contributed by atoms with E-state index in [0.717, 1.165) is 25.3 Å². The number of aromatic hydroxyl groups is 1. The lowest BCUT2D eigenvalue weighted by Gasteiger charge is -2.23. The molecule has 94 valence electrons. The van der Waals surface area contributed by atoms with Crippen LogP contribution in [0.1, 0.15) is 12.8 Å². The van der Waals surface area contributed by atoms with E-state index in [4.69, 9.17) is 23.2 Å². The van der Waals surface area contributed by atoms with Crippen LogP contribution in [0.4, 0.5) is 5.69 Å². The summed E-state index contributed by atoms with van der Waals surface area (Å²) in [6, 6.07) is 3.40. The first-order chi connectivity index (χ1) is 8.16. The van der Waals surface area contributed by atoms with Gasteiger partial charge in [-0.2, -0.15) is 0 Å². The number of benzene rings is 1. The third-order valence-corrected chi connectivity index (χ3v) is 3.65. The van der Waals surface area contributed by atoms with Gasteiger partial charge in [-0.25, -0.2) is 0 Å².